The number of aromatic nitrogens is 1. The molecule has 0 spiro atoms. The van der Waals surface area contributed by atoms with E-state index in [0.717, 1.165) is 49.7 Å². The van der Waals surface area contributed by atoms with Crippen LogP contribution in [0.25, 0.3) is 0 Å². The topological polar surface area (TPSA) is 63.7 Å². The normalized spacial score (nSPS) is 19.7. The monoisotopic (exact) mass is 415 g/mol. The Bertz CT molecular complexity index is 851. The van der Waals surface area contributed by atoms with Gasteiger partial charge >= 0.3 is 0 Å². The number of piperidine rings is 1. The van der Waals surface area contributed by atoms with Crippen molar-refractivity contribution >= 4 is 17.5 Å². The molecular formula is C22H26ClN3O3. The van der Waals surface area contributed by atoms with E-state index in [-0.39, 0.29) is 12.0 Å². The highest BCUT2D eigenvalue weighted by Gasteiger charge is 2.26. The van der Waals surface area contributed by atoms with Gasteiger partial charge in [0.05, 0.1) is 5.56 Å². The first kappa shape index (κ1) is 20.0. The number of carbonyl (C=O) groups excluding carboxylic acids is 1. The molecule has 4 rings (SSSR count). The third kappa shape index (κ3) is 5.19. The van der Waals surface area contributed by atoms with Crippen molar-refractivity contribution in [3.05, 3.63) is 52.8 Å². The van der Waals surface area contributed by atoms with Gasteiger partial charge < -0.3 is 14.8 Å². The van der Waals surface area contributed by atoms with E-state index in [1.54, 1.807) is 6.20 Å². The second-order valence-electron chi connectivity index (χ2n) is 7.78. The van der Waals surface area contributed by atoms with Gasteiger partial charge in [0.1, 0.15) is 12.7 Å². The van der Waals surface area contributed by atoms with Crippen LogP contribution in [-0.2, 0) is 0 Å². The van der Waals surface area contributed by atoms with Gasteiger partial charge in [-0.25, -0.2) is 0 Å². The van der Waals surface area contributed by atoms with Crippen LogP contribution in [0.2, 0.25) is 5.02 Å². The van der Waals surface area contributed by atoms with Crippen LogP contribution in [0.3, 0.4) is 0 Å². The van der Waals surface area contributed by atoms with Gasteiger partial charge in [-0.05, 0) is 63.0 Å². The summed E-state index contributed by atoms with van der Waals surface area (Å²) >= 11 is 6.05. The van der Waals surface area contributed by atoms with E-state index in [9.17, 15) is 4.79 Å². The van der Waals surface area contributed by atoms with Gasteiger partial charge in [0.2, 0.25) is 0 Å². The summed E-state index contributed by atoms with van der Waals surface area (Å²) in [6.07, 6.45) is 3.75. The zero-order chi connectivity index (χ0) is 20.2. The van der Waals surface area contributed by atoms with Crippen LogP contribution < -0.4 is 14.8 Å². The standard InChI is InChI=1S/C22H26ClN3O3/c1-15-2-3-17(12-24-15)22(27)25-11-16-6-8-26(9-7-16)13-19-14-28-20-5-4-18(23)10-21(20)29-19/h2-5,10,12,16,19H,6-9,11,13-14H2,1H3,(H,25,27). The number of amides is 1. The molecule has 0 saturated carbocycles. The fourth-order valence-corrected chi connectivity index (χ4v) is 3.94. The predicted molar refractivity (Wildman–Crippen MR) is 112 cm³/mol. The average Bonchev–Trinajstić information content (AvgIpc) is 2.73. The molecule has 154 valence electrons. The summed E-state index contributed by atoms with van der Waals surface area (Å²) in [6, 6.07) is 9.14. The highest BCUT2D eigenvalue weighted by atomic mass is 35.5. The minimum absolute atomic E-state index is 0.00579. The van der Waals surface area contributed by atoms with E-state index in [1.165, 1.54) is 0 Å². The Morgan fingerprint density at radius 1 is 1.24 bits per heavy atom. The molecule has 6 nitrogen and oxygen atoms in total. The van der Waals surface area contributed by atoms with Crippen LogP contribution in [-0.4, -0.2) is 54.7 Å². The minimum atomic E-state index is -0.0509. The number of nitrogens with zero attached hydrogens (tertiary/aromatic N) is 2. The van der Waals surface area contributed by atoms with Crippen molar-refractivity contribution in [3.8, 4) is 11.5 Å². The number of hydrogen-bond acceptors (Lipinski definition) is 5. The van der Waals surface area contributed by atoms with Gasteiger partial charge in [-0.1, -0.05) is 11.6 Å². The van der Waals surface area contributed by atoms with Crippen LogP contribution in [0, 0.1) is 12.8 Å². The summed E-state index contributed by atoms with van der Waals surface area (Å²) in [5.41, 5.74) is 1.52. The number of rotatable bonds is 5. The lowest BCUT2D eigenvalue weighted by Crippen LogP contribution is -2.45. The highest BCUT2D eigenvalue weighted by Crippen LogP contribution is 2.34. The first-order valence-electron chi connectivity index (χ1n) is 10.1. The molecule has 2 aliphatic rings. The molecule has 1 fully saturated rings. The van der Waals surface area contributed by atoms with Gasteiger partial charge in [-0.2, -0.15) is 0 Å². The summed E-state index contributed by atoms with van der Waals surface area (Å²) in [5.74, 6) is 1.92. The van der Waals surface area contributed by atoms with Crippen molar-refractivity contribution in [3.63, 3.8) is 0 Å². The van der Waals surface area contributed by atoms with Gasteiger partial charge in [-0.15, -0.1) is 0 Å². The van der Waals surface area contributed by atoms with Crippen molar-refractivity contribution in [1.82, 2.24) is 15.2 Å². The highest BCUT2D eigenvalue weighted by molar-refractivity contribution is 6.30. The Morgan fingerprint density at radius 3 is 2.83 bits per heavy atom. The number of halogens is 1. The maximum Gasteiger partial charge on any atom is 0.252 e. The summed E-state index contributed by atoms with van der Waals surface area (Å²) in [7, 11) is 0. The lowest BCUT2D eigenvalue weighted by atomic mass is 9.96. The van der Waals surface area contributed by atoms with Crippen molar-refractivity contribution < 1.29 is 14.3 Å². The van der Waals surface area contributed by atoms with E-state index in [4.69, 9.17) is 21.1 Å². The van der Waals surface area contributed by atoms with Gasteiger partial charge in [0.15, 0.2) is 11.5 Å². The number of aryl methyl sites for hydroxylation is 1. The number of fused-ring (bicyclic) bond motifs is 1. The molecule has 1 atom stereocenters. The second kappa shape index (κ2) is 9.01. The molecule has 1 N–H and O–H groups in total. The predicted octanol–water partition coefficient (Wildman–Crippen LogP) is 3.33. The number of likely N-dealkylation sites (tertiary alicyclic amines) is 1. The van der Waals surface area contributed by atoms with Crippen LogP contribution in [0.1, 0.15) is 28.9 Å². The number of pyridine rings is 1. The lowest BCUT2D eigenvalue weighted by molar-refractivity contribution is 0.0476. The van der Waals surface area contributed by atoms with E-state index >= 15 is 0 Å². The molecule has 0 bridgehead atoms. The van der Waals surface area contributed by atoms with Crippen LogP contribution in [0.5, 0.6) is 11.5 Å². The molecule has 3 heterocycles. The molecule has 2 aliphatic heterocycles. The number of hydrogen-bond donors (Lipinski definition) is 1. The van der Waals surface area contributed by atoms with E-state index < -0.39 is 0 Å². The Labute approximate surface area is 176 Å². The van der Waals surface area contributed by atoms with Crippen molar-refractivity contribution in [2.75, 3.05) is 32.8 Å². The first-order valence-corrected chi connectivity index (χ1v) is 10.5. The third-order valence-electron chi connectivity index (χ3n) is 5.52. The van der Waals surface area contributed by atoms with Crippen molar-refractivity contribution in [2.45, 2.75) is 25.9 Å². The molecule has 1 saturated heterocycles. The van der Waals surface area contributed by atoms with E-state index in [1.807, 2.05) is 37.3 Å². The first-order chi connectivity index (χ1) is 14.1. The SMILES string of the molecule is Cc1ccc(C(=O)NCC2CCN(CC3COc4ccc(Cl)cc4O3)CC2)cn1. The zero-order valence-electron chi connectivity index (χ0n) is 16.6. The molecule has 1 aromatic heterocycles. The van der Waals surface area contributed by atoms with Crippen molar-refractivity contribution in [2.24, 2.45) is 5.92 Å². The average molecular weight is 416 g/mol. The van der Waals surface area contributed by atoms with Gasteiger partial charge in [0, 0.05) is 36.1 Å². The summed E-state index contributed by atoms with van der Waals surface area (Å²) in [4.78, 5) is 18.8. The number of nitrogens with one attached hydrogen (secondary N) is 1. The van der Waals surface area contributed by atoms with E-state index in [2.05, 4.69) is 15.2 Å². The Hall–Kier alpha value is -2.31. The molecule has 0 aliphatic carbocycles. The molecule has 1 unspecified atom stereocenters. The Balaban J connectivity index is 1.20. The van der Waals surface area contributed by atoms with E-state index in [0.29, 0.717) is 29.7 Å². The van der Waals surface area contributed by atoms with Crippen LogP contribution in [0.4, 0.5) is 0 Å². The van der Waals surface area contributed by atoms with Gasteiger partial charge in [-0.3, -0.25) is 14.7 Å². The molecule has 1 aromatic carbocycles. The maximum absolute atomic E-state index is 12.2. The Kier molecular flexibility index (Phi) is 6.21. The maximum atomic E-state index is 12.2. The third-order valence-corrected chi connectivity index (χ3v) is 5.75. The fourth-order valence-electron chi connectivity index (χ4n) is 3.78. The fraction of sp³-hybridized carbons (Fsp3) is 0.455. The number of ether oxygens (including phenoxy) is 2. The summed E-state index contributed by atoms with van der Waals surface area (Å²) in [6.45, 7) is 5.99. The van der Waals surface area contributed by atoms with Gasteiger partial charge in [0.25, 0.3) is 5.91 Å². The molecule has 2 aromatic rings. The van der Waals surface area contributed by atoms with Crippen LogP contribution in [0.15, 0.2) is 36.5 Å². The molecule has 1 amide bonds. The zero-order valence-corrected chi connectivity index (χ0v) is 17.3. The van der Waals surface area contributed by atoms with Crippen LogP contribution >= 0.6 is 11.6 Å². The quantitative estimate of drug-likeness (QED) is 0.811. The Morgan fingerprint density at radius 2 is 2.07 bits per heavy atom. The summed E-state index contributed by atoms with van der Waals surface area (Å²) in [5, 5.41) is 3.70. The van der Waals surface area contributed by atoms with Crippen molar-refractivity contribution in [1.29, 1.82) is 0 Å². The molecule has 7 heteroatoms. The smallest absolute Gasteiger partial charge is 0.252 e. The number of carbonyl (C=O) groups is 1. The molecule has 0 radical (unpaired) electrons. The largest absolute Gasteiger partial charge is 0.486 e. The summed E-state index contributed by atoms with van der Waals surface area (Å²) < 4.78 is 11.9. The number of benzene rings is 1. The lowest BCUT2D eigenvalue weighted by Gasteiger charge is -2.35. The molecular weight excluding hydrogens is 390 g/mol. The second-order valence-corrected chi connectivity index (χ2v) is 8.22. The molecule has 29 heavy (non-hydrogen) atoms. The minimum Gasteiger partial charge on any atom is -0.486 e.